The number of carbonyl (C=O) groups is 2. The maximum absolute atomic E-state index is 12.9. The molecule has 2 N–H and O–H groups in total. The Morgan fingerprint density at radius 3 is 2.60 bits per heavy atom. The molecule has 2 saturated heterocycles. The zero-order valence-electron chi connectivity index (χ0n) is 18.9. The number of amides is 2. The monoisotopic (exact) mass is 515 g/mol. The number of nitrogens with zero attached hydrogens (tertiary/aromatic N) is 3. The molecular weight excluding hydrogens is 491 g/mol. The lowest BCUT2D eigenvalue weighted by Crippen LogP contribution is -2.49. The van der Waals surface area contributed by atoms with Crippen LogP contribution in [-0.4, -0.2) is 77.0 Å². The Balaban J connectivity index is 1.28. The minimum Gasteiger partial charge on any atom is -0.481 e. The molecule has 4 rings (SSSR count). The van der Waals surface area contributed by atoms with Crippen molar-refractivity contribution in [2.75, 3.05) is 26.8 Å². The third kappa shape index (κ3) is 5.87. The number of halogens is 4. The van der Waals surface area contributed by atoms with Gasteiger partial charge in [0, 0.05) is 30.6 Å². The van der Waals surface area contributed by atoms with Gasteiger partial charge in [0.05, 0.1) is 36.7 Å². The summed E-state index contributed by atoms with van der Waals surface area (Å²) >= 11 is 6.20. The number of likely N-dealkylation sites (tertiary alicyclic amines) is 1. The van der Waals surface area contributed by atoms with Crippen molar-refractivity contribution in [3.63, 3.8) is 0 Å². The molecule has 2 aliphatic heterocycles. The van der Waals surface area contributed by atoms with Crippen LogP contribution in [0.2, 0.25) is 5.02 Å². The van der Waals surface area contributed by atoms with Crippen molar-refractivity contribution in [2.24, 2.45) is 5.92 Å². The van der Waals surface area contributed by atoms with Crippen LogP contribution in [0.4, 0.5) is 13.2 Å². The highest BCUT2D eigenvalue weighted by Crippen LogP contribution is 2.31. The summed E-state index contributed by atoms with van der Waals surface area (Å²) in [4.78, 5) is 31.2. The number of hydrogen-bond acceptors (Lipinski definition) is 6. The first-order valence-corrected chi connectivity index (χ1v) is 11.6. The lowest BCUT2D eigenvalue weighted by molar-refractivity contribution is -0.232. The SMILES string of the molecule is COc1cc(-c2cc(C(=O)N3CCC(C(=O)N[C@H]4CCC(C(F)(F)F)OC4)CC3)[nH]n2)c(Cl)cn1. The van der Waals surface area contributed by atoms with E-state index in [0.717, 1.165) is 0 Å². The molecule has 1 unspecified atom stereocenters. The summed E-state index contributed by atoms with van der Waals surface area (Å²) in [5, 5.41) is 10.1. The molecular formula is C22H25ClF3N5O4. The summed E-state index contributed by atoms with van der Waals surface area (Å²) in [6.07, 6.45) is -3.79. The van der Waals surface area contributed by atoms with Crippen LogP contribution in [-0.2, 0) is 9.53 Å². The number of alkyl halides is 3. The van der Waals surface area contributed by atoms with Crippen molar-refractivity contribution in [3.8, 4) is 17.1 Å². The van der Waals surface area contributed by atoms with Crippen LogP contribution in [0.25, 0.3) is 11.3 Å². The molecule has 190 valence electrons. The summed E-state index contributed by atoms with van der Waals surface area (Å²) < 4.78 is 48.1. The number of hydrogen-bond donors (Lipinski definition) is 2. The summed E-state index contributed by atoms with van der Waals surface area (Å²) in [5.74, 6) is -0.430. The van der Waals surface area contributed by atoms with E-state index in [1.807, 2.05) is 0 Å². The van der Waals surface area contributed by atoms with Crippen LogP contribution in [0.1, 0.15) is 36.2 Å². The van der Waals surface area contributed by atoms with E-state index in [1.165, 1.54) is 13.3 Å². The number of carbonyl (C=O) groups excluding carboxylic acids is 2. The normalized spacial score (nSPS) is 21.6. The number of piperidine rings is 1. The van der Waals surface area contributed by atoms with Gasteiger partial charge in [-0.05, 0) is 31.7 Å². The highest BCUT2D eigenvalue weighted by molar-refractivity contribution is 6.33. The standard InChI is InChI=1S/C22H25ClF3N5O4/c1-34-19-8-14(15(23)10-27-19)16-9-17(30-29-16)21(33)31-6-4-12(5-7-31)20(32)28-13-2-3-18(35-11-13)22(24,25)26/h8-10,12-13,18H,2-7,11H2,1H3,(H,28,32)(H,29,30)/t13-,18?/m0/s1. The van der Waals surface area contributed by atoms with E-state index in [9.17, 15) is 22.8 Å². The van der Waals surface area contributed by atoms with Crippen molar-refractivity contribution in [2.45, 2.75) is 44.0 Å². The zero-order valence-corrected chi connectivity index (χ0v) is 19.7. The third-order valence-corrected chi connectivity index (χ3v) is 6.57. The first kappa shape index (κ1) is 25.2. The summed E-state index contributed by atoms with van der Waals surface area (Å²) in [7, 11) is 1.48. The maximum Gasteiger partial charge on any atom is 0.414 e. The van der Waals surface area contributed by atoms with Gasteiger partial charge in [0.15, 0.2) is 6.10 Å². The van der Waals surface area contributed by atoms with Crippen LogP contribution in [0, 0.1) is 5.92 Å². The van der Waals surface area contributed by atoms with E-state index >= 15 is 0 Å². The summed E-state index contributed by atoms with van der Waals surface area (Å²) in [6.45, 7) is 0.571. The minimum absolute atomic E-state index is 0.164. The Labute approximate surface area is 204 Å². The van der Waals surface area contributed by atoms with Crippen LogP contribution < -0.4 is 10.1 Å². The number of methoxy groups -OCH3 is 1. The predicted octanol–water partition coefficient (Wildman–Crippen LogP) is 3.21. The van der Waals surface area contributed by atoms with Crippen molar-refractivity contribution in [3.05, 3.63) is 29.0 Å². The van der Waals surface area contributed by atoms with Crippen LogP contribution in [0.3, 0.4) is 0 Å². The fourth-order valence-corrected chi connectivity index (χ4v) is 4.45. The Kier molecular flexibility index (Phi) is 7.50. The molecule has 2 aliphatic rings. The fraction of sp³-hybridized carbons (Fsp3) is 0.545. The van der Waals surface area contributed by atoms with E-state index in [-0.39, 0.29) is 42.9 Å². The van der Waals surface area contributed by atoms with Crippen LogP contribution in [0.5, 0.6) is 5.88 Å². The quantitative estimate of drug-likeness (QED) is 0.633. The molecule has 2 aromatic rings. The topological polar surface area (TPSA) is 109 Å². The molecule has 0 aliphatic carbocycles. The Bertz CT molecular complexity index is 1060. The zero-order chi connectivity index (χ0) is 25.2. The summed E-state index contributed by atoms with van der Waals surface area (Å²) in [5.41, 5.74) is 1.32. The van der Waals surface area contributed by atoms with Gasteiger partial charge in [-0.25, -0.2) is 4.98 Å². The smallest absolute Gasteiger partial charge is 0.414 e. The van der Waals surface area contributed by atoms with Gasteiger partial charge < -0.3 is 19.7 Å². The first-order chi connectivity index (χ1) is 16.7. The molecule has 0 aromatic carbocycles. The highest BCUT2D eigenvalue weighted by Gasteiger charge is 2.43. The van der Waals surface area contributed by atoms with Gasteiger partial charge in [0.25, 0.3) is 5.91 Å². The van der Waals surface area contributed by atoms with E-state index in [2.05, 4.69) is 20.5 Å². The molecule has 2 fully saturated rings. The molecule has 13 heteroatoms. The van der Waals surface area contributed by atoms with Gasteiger partial charge in [0.2, 0.25) is 11.8 Å². The van der Waals surface area contributed by atoms with E-state index < -0.39 is 18.3 Å². The minimum atomic E-state index is -4.39. The average Bonchev–Trinajstić information content (AvgIpc) is 3.34. The lowest BCUT2D eigenvalue weighted by atomic mass is 9.94. The van der Waals surface area contributed by atoms with Gasteiger partial charge in [-0.15, -0.1) is 0 Å². The lowest BCUT2D eigenvalue weighted by Gasteiger charge is -2.34. The van der Waals surface area contributed by atoms with Crippen molar-refractivity contribution >= 4 is 23.4 Å². The molecule has 9 nitrogen and oxygen atoms in total. The Morgan fingerprint density at radius 2 is 1.97 bits per heavy atom. The number of rotatable bonds is 5. The maximum atomic E-state index is 12.9. The van der Waals surface area contributed by atoms with Crippen molar-refractivity contribution < 1.29 is 32.2 Å². The highest BCUT2D eigenvalue weighted by atomic mass is 35.5. The number of ether oxygens (including phenoxy) is 2. The van der Waals surface area contributed by atoms with Crippen LogP contribution in [0.15, 0.2) is 18.3 Å². The molecule has 2 amide bonds. The fourth-order valence-electron chi connectivity index (χ4n) is 4.25. The van der Waals surface area contributed by atoms with Gasteiger partial charge in [-0.2, -0.15) is 18.3 Å². The number of aromatic amines is 1. The van der Waals surface area contributed by atoms with E-state index in [4.69, 9.17) is 21.1 Å². The Hall–Kier alpha value is -2.86. The van der Waals surface area contributed by atoms with Crippen LogP contribution >= 0.6 is 11.6 Å². The second-order valence-electron chi connectivity index (χ2n) is 8.59. The number of H-pyrrole nitrogens is 1. The molecule has 0 saturated carbocycles. The molecule has 2 atom stereocenters. The molecule has 35 heavy (non-hydrogen) atoms. The number of nitrogens with one attached hydrogen (secondary N) is 2. The molecule has 4 heterocycles. The third-order valence-electron chi connectivity index (χ3n) is 6.26. The van der Waals surface area contributed by atoms with Gasteiger partial charge >= 0.3 is 6.18 Å². The number of pyridine rings is 1. The molecule has 2 aromatic heterocycles. The van der Waals surface area contributed by atoms with E-state index in [1.54, 1.807) is 17.0 Å². The summed E-state index contributed by atoms with van der Waals surface area (Å²) in [6, 6.07) is 2.78. The first-order valence-electron chi connectivity index (χ1n) is 11.2. The second-order valence-corrected chi connectivity index (χ2v) is 8.99. The molecule has 0 radical (unpaired) electrons. The predicted molar refractivity (Wildman–Crippen MR) is 119 cm³/mol. The van der Waals surface area contributed by atoms with Gasteiger partial charge in [-0.3, -0.25) is 14.7 Å². The molecule has 0 spiro atoms. The Morgan fingerprint density at radius 1 is 1.23 bits per heavy atom. The average molecular weight is 516 g/mol. The number of aromatic nitrogens is 3. The van der Waals surface area contributed by atoms with Crippen molar-refractivity contribution in [1.82, 2.24) is 25.4 Å². The van der Waals surface area contributed by atoms with E-state index in [0.29, 0.717) is 48.1 Å². The largest absolute Gasteiger partial charge is 0.481 e. The van der Waals surface area contributed by atoms with Gasteiger partial charge in [0.1, 0.15) is 5.69 Å². The second kappa shape index (κ2) is 10.4. The van der Waals surface area contributed by atoms with Gasteiger partial charge in [-0.1, -0.05) is 11.6 Å². The van der Waals surface area contributed by atoms with Crippen molar-refractivity contribution in [1.29, 1.82) is 0 Å². The molecule has 0 bridgehead atoms.